The molecule has 0 radical (unpaired) electrons. The molecule has 0 aromatic heterocycles. The Morgan fingerprint density at radius 1 is 1.13 bits per heavy atom. The molecule has 2 bridgehead atoms. The van der Waals surface area contributed by atoms with Gasteiger partial charge in [0.05, 0.1) is 12.2 Å². The molecule has 5 rings (SSSR count). The first-order valence-corrected chi connectivity index (χ1v) is 8.93. The lowest BCUT2D eigenvalue weighted by molar-refractivity contribution is 0.0251. The van der Waals surface area contributed by atoms with Crippen molar-refractivity contribution >= 4 is 35.0 Å². The Balaban J connectivity index is 1.24. The van der Waals surface area contributed by atoms with Gasteiger partial charge in [0.15, 0.2) is 0 Å². The van der Waals surface area contributed by atoms with E-state index in [-0.39, 0.29) is 6.10 Å². The molecule has 1 N–H and O–H groups in total. The van der Waals surface area contributed by atoms with Gasteiger partial charge in [-0.3, -0.25) is 5.32 Å². The van der Waals surface area contributed by atoms with Crippen molar-refractivity contribution in [3.8, 4) is 0 Å². The van der Waals surface area contributed by atoms with Gasteiger partial charge < -0.3 is 9.47 Å². The summed E-state index contributed by atoms with van der Waals surface area (Å²) in [6, 6.07) is 4.95. The van der Waals surface area contributed by atoms with Crippen molar-refractivity contribution in [2.24, 2.45) is 23.7 Å². The second-order valence-corrected chi connectivity index (χ2v) is 8.11. The zero-order valence-corrected chi connectivity index (χ0v) is 13.9. The first kappa shape index (κ1) is 14.4. The molecule has 0 spiro atoms. The summed E-state index contributed by atoms with van der Waals surface area (Å²) < 4.78 is 11.4. The van der Waals surface area contributed by atoms with Crippen LogP contribution in [0.4, 0.5) is 10.5 Å². The minimum atomic E-state index is -0.420. The monoisotopic (exact) mass is 353 g/mol. The number of carbonyl (C=O) groups excluding carboxylic acids is 1. The molecule has 122 valence electrons. The van der Waals surface area contributed by atoms with Gasteiger partial charge in [0.2, 0.25) is 0 Å². The third-order valence-electron chi connectivity index (χ3n) is 6.05. The van der Waals surface area contributed by atoms with Gasteiger partial charge in [-0.25, -0.2) is 4.79 Å². The number of nitrogens with one attached hydrogen (secondary N) is 1. The number of anilines is 1. The molecular formula is C17H17Cl2NO3. The van der Waals surface area contributed by atoms with Gasteiger partial charge in [0, 0.05) is 15.7 Å². The number of hydrogen-bond acceptors (Lipinski definition) is 3. The highest BCUT2D eigenvalue weighted by atomic mass is 35.5. The Kier molecular flexibility index (Phi) is 3.13. The number of ether oxygens (including phenoxy) is 2. The van der Waals surface area contributed by atoms with Crippen molar-refractivity contribution in [3.63, 3.8) is 0 Å². The number of epoxide rings is 1. The fourth-order valence-electron chi connectivity index (χ4n) is 5.31. The summed E-state index contributed by atoms with van der Waals surface area (Å²) in [5, 5.41) is 3.71. The summed E-state index contributed by atoms with van der Waals surface area (Å²) in [6.07, 6.45) is 3.94. The molecule has 1 saturated heterocycles. The first-order chi connectivity index (χ1) is 11.1. The Hall–Kier alpha value is -0.970. The van der Waals surface area contributed by atoms with Crippen molar-refractivity contribution in [1.82, 2.24) is 0 Å². The fourth-order valence-corrected chi connectivity index (χ4v) is 5.84. The van der Waals surface area contributed by atoms with Crippen LogP contribution in [0.5, 0.6) is 0 Å². The SMILES string of the molecule is O=C(Nc1cc(Cl)cc(Cl)c1)OC1CC2CC1C1CC3OC3C21. The lowest BCUT2D eigenvalue weighted by Crippen LogP contribution is -2.35. The summed E-state index contributed by atoms with van der Waals surface area (Å²) >= 11 is 11.9. The van der Waals surface area contributed by atoms with Gasteiger partial charge in [-0.1, -0.05) is 23.2 Å². The van der Waals surface area contributed by atoms with E-state index in [0.717, 1.165) is 18.8 Å². The Bertz CT molecular complexity index is 662. The van der Waals surface area contributed by atoms with E-state index >= 15 is 0 Å². The van der Waals surface area contributed by atoms with Crippen LogP contribution in [0, 0.1) is 23.7 Å². The van der Waals surface area contributed by atoms with Crippen LogP contribution >= 0.6 is 23.2 Å². The molecule has 1 aromatic rings. The maximum atomic E-state index is 12.2. The van der Waals surface area contributed by atoms with Crippen LogP contribution in [0.1, 0.15) is 19.3 Å². The molecule has 3 aliphatic carbocycles. The van der Waals surface area contributed by atoms with E-state index in [1.807, 2.05) is 0 Å². The summed E-state index contributed by atoms with van der Waals surface area (Å²) in [5.41, 5.74) is 0.559. The van der Waals surface area contributed by atoms with Crippen LogP contribution < -0.4 is 5.32 Å². The standard InChI is InChI=1S/C17H17Cl2NO3/c18-8-3-9(19)5-10(4-8)20-17(21)23-13-2-7-1-11(13)12-6-14-16(22-14)15(7)12/h3-5,7,11-16H,1-2,6H2,(H,20,21). The Morgan fingerprint density at radius 2 is 1.91 bits per heavy atom. The van der Waals surface area contributed by atoms with Crippen molar-refractivity contribution < 1.29 is 14.3 Å². The molecule has 4 fully saturated rings. The molecule has 3 saturated carbocycles. The van der Waals surface area contributed by atoms with E-state index < -0.39 is 6.09 Å². The summed E-state index contributed by atoms with van der Waals surface area (Å²) in [4.78, 5) is 12.2. The third kappa shape index (κ3) is 2.34. The molecule has 4 nitrogen and oxygen atoms in total. The minimum Gasteiger partial charge on any atom is -0.446 e. The number of fused-ring (bicyclic) bond motifs is 7. The zero-order chi connectivity index (χ0) is 15.7. The number of benzene rings is 1. The topological polar surface area (TPSA) is 50.9 Å². The smallest absolute Gasteiger partial charge is 0.411 e. The highest BCUT2D eigenvalue weighted by molar-refractivity contribution is 6.35. The average Bonchev–Trinajstić information content (AvgIpc) is 2.82. The zero-order valence-electron chi connectivity index (χ0n) is 12.4. The van der Waals surface area contributed by atoms with Gasteiger partial charge in [-0.2, -0.15) is 0 Å². The Morgan fingerprint density at radius 3 is 2.70 bits per heavy atom. The number of rotatable bonds is 2. The number of carbonyl (C=O) groups is 1. The van der Waals surface area contributed by atoms with Crippen LogP contribution in [0.3, 0.4) is 0 Å². The molecule has 7 atom stereocenters. The molecule has 23 heavy (non-hydrogen) atoms. The molecule has 1 heterocycles. The normalized spacial score (nSPS) is 42.3. The maximum absolute atomic E-state index is 12.2. The second kappa shape index (κ2) is 5.01. The quantitative estimate of drug-likeness (QED) is 0.803. The first-order valence-electron chi connectivity index (χ1n) is 8.17. The molecule has 1 aliphatic heterocycles. The lowest BCUT2D eigenvalue weighted by Gasteiger charge is -2.32. The summed E-state index contributed by atoms with van der Waals surface area (Å²) in [6.45, 7) is 0. The fraction of sp³-hybridized carbons (Fsp3) is 0.588. The van der Waals surface area contributed by atoms with E-state index in [4.69, 9.17) is 32.7 Å². The van der Waals surface area contributed by atoms with Crippen LogP contribution in [-0.4, -0.2) is 24.4 Å². The molecular weight excluding hydrogens is 337 g/mol. The van der Waals surface area contributed by atoms with Crippen LogP contribution in [0.25, 0.3) is 0 Å². The van der Waals surface area contributed by atoms with E-state index in [2.05, 4.69) is 5.32 Å². The van der Waals surface area contributed by atoms with Gasteiger partial charge in [0.1, 0.15) is 6.10 Å². The molecule has 1 amide bonds. The van der Waals surface area contributed by atoms with Gasteiger partial charge in [-0.15, -0.1) is 0 Å². The molecule has 6 heteroatoms. The number of halogens is 2. The van der Waals surface area contributed by atoms with Gasteiger partial charge >= 0.3 is 6.09 Å². The summed E-state index contributed by atoms with van der Waals surface area (Å²) in [5.74, 6) is 2.59. The van der Waals surface area contributed by atoms with Crippen LogP contribution in [-0.2, 0) is 9.47 Å². The largest absolute Gasteiger partial charge is 0.446 e. The predicted molar refractivity (Wildman–Crippen MR) is 86.8 cm³/mol. The maximum Gasteiger partial charge on any atom is 0.411 e. The molecule has 7 unspecified atom stereocenters. The van der Waals surface area contributed by atoms with Gasteiger partial charge in [0.25, 0.3) is 0 Å². The lowest BCUT2D eigenvalue weighted by atomic mass is 9.79. The summed E-state index contributed by atoms with van der Waals surface area (Å²) in [7, 11) is 0. The van der Waals surface area contributed by atoms with E-state index in [9.17, 15) is 4.79 Å². The van der Waals surface area contributed by atoms with E-state index in [1.165, 1.54) is 6.42 Å². The van der Waals surface area contributed by atoms with Crippen molar-refractivity contribution in [1.29, 1.82) is 0 Å². The number of hydrogen-bond donors (Lipinski definition) is 1. The van der Waals surface area contributed by atoms with Crippen molar-refractivity contribution in [2.75, 3.05) is 5.32 Å². The van der Waals surface area contributed by atoms with Crippen LogP contribution in [0.15, 0.2) is 18.2 Å². The predicted octanol–water partition coefficient (Wildman–Crippen LogP) is 4.35. The molecule has 1 aromatic carbocycles. The second-order valence-electron chi connectivity index (χ2n) is 7.24. The van der Waals surface area contributed by atoms with Crippen molar-refractivity contribution in [3.05, 3.63) is 28.2 Å². The highest BCUT2D eigenvalue weighted by Crippen LogP contribution is 2.64. The third-order valence-corrected chi connectivity index (χ3v) is 6.49. The van der Waals surface area contributed by atoms with Crippen LogP contribution in [0.2, 0.25) is 10.0 Å². The Labute approximate surface area is 144 Å². The molecule has 4 aliphatic rings. The van der Waals surface area contributed by atoms with Gasteiger partial charge in [-0.05, 0) is 61.1 Å². The number of amides is 1. The van der Waals surface area contributed by atoms with Crippen molar-refractivity contribution in [2.45, 2.75) is 37.6 Å². The highest BCUT2D eigenvalue weighted by Gasteiger charge is 2.67. The van der Waals surface area contributed by atoms with E-state index in [1.54, 1.807) is 18.2 Å². The van der Waals surface area contributed by atoms with E-state index in [0.29, 0.717) is 45.7 Å². The average molecular weight is 354 g/mol. The minimum absolute atomic E-state index is 0.0356.